The van der Waals surface area contributed by atoms with Gasteiger partial charge in [-0.3, -0.25) is 14.8 Å². The number of carboxylic acids is 1. The second-order valence-corrected chi connectivity index (χ2v) is 5.86. The molecule has 1 aromatic rings. The van der Waals surface area contributed by atoms with Gasteiger partial charge in [0.15, 0.2) is 0 Å². The van der Waals surface area contributed by atoms with E-state index < -0.39 is 11.5 Å². The molecule has 1 rings (SSSR count). The average Bonchev–Trinajstić information content (AvgIpc) is 2.56. The molecule has 0 aliphatic rings. The lowest BCUT2D eigenvalue weighted by molar-refractivity contribution is -0.145. The molecule has 5 nitrogen and oxygen atoms in total. The molecule has 2 N–H and O–H groups in total. The van der Waals surface area contributed by atoms with Gasteiger partial charge in [0.1, 0.15) is 5.54 Å². The summed E-state index contributed by atoms with van der Waals surface area (Å²) in [5.74, 6) is -0.824. The highest BCUT2D eigenvalue weighted by Gasteiger charge is 2.35. The molecular formula is C14H25N3O2. The summed E-state index contributed by atoms with van der Waals surface area (Å²) in [7, 11) is 0. The van der Waals surface area contributed by atoms with E-state index in [0.717, 1.165) is 11.4 Å². The van der Waals surface area contributed by atoms with Crippen molar-refractivity contribution < 1.29 is 9.90 Å². The first-order valence-corrected chi connectivity index (χ1v) is 6.69. The molecule has 0 aliphatic heterocycles. The Kier molecular flexibility index (Phi) is 4.74. The first kappa shape index (κ1) is 15.7. The van der Waals surface area contributed by atoms with Crippen LogP contribution in [0.15, 0.2) is 6.07 Å². The molecule has 2 unspecified atom stereocenters. The molecule has 1 aromatic heterocycles. The molecule has 5 heteroatoms. The Morgan fingerprint density at radius 2 is 2.05 bits per heavy atom. The van der Waals surface area contributed by atoms with Gasteiger partial charge < -0.3 is 5.11 Å². The number of aliphatic carboxylic acids is 1. The maximum absolute atomic E-state index is 11.5. The van der Waals surface area contributed by atoms with Gasteiger partial charge in [0, 0.05) is 11.7 Å². The number of hydrogen-bond donors (Lipinski definition) is 2. The van der Waals surface area contributed by atoms with Gasteiger partial charge >= 0.3 is 5.97 Å². The standard InChI is InChI=1S/C14H25N3O2/c1-9(2)15-14(6,13(18)19)8-12(5)17-11(4)7-10(3)16-17/h7,9,12,15H,8H2,1-6H3,(H,18,19). The summed E-state index contributed by atoms with van der Waals surface area (Å²) < 4.78 is 1.90. The zero-order valence-electron chi connectivity index (χ0n) is 12.7. The van der Waals surface area contributed by atoms with Crippen LogP contribution in [0.1, 0.15) is 51.5 Å². The molecule has 0 aliphatic carbocycles. The summed E-state index contributed by atoms with van der Waals surface area (Å²) in [5, 5.41) is 17.0. The number of aromatic nitrogens is 2. The molecule has 1 heterocycles. The fraction of sp³-hybridized carbons (Fsp3) is 0.714. The van der Waals surface area contributed by atoms with Gasteiger partial charge in [-0.2, -0.15) is 5.10 Å². The normalized spacial score (nSPS) is 16.4. The molecular weight excluding hydrogens is 242 g/mol. The first-order valence-electron chi connectivity index (χ1n) is 6.69. The Morgan fingerprint density at radius 1 is 1.47 bits per heavy atom. The Bertz CT molecular complexity index is 454. The van der Waals surface area contributed by atoms with E-state index in [4.69, 9.17) is 0 Å². The molecule has 0 saturated carbocycles. The molecule has 19 heavy (non-hydrogen) atoms. The minimum absolute atomic E-state index is 0.0287. The van der Waals surface area contributed by atoms with Crippen LogP contribution in [-0.4, -0.2) is 32.4 Å². The molecule has 0 amide bonds. The maximum Gasteiger partial charge on any atom is 0.323 e. The third-order valence-electron chi connectivity index (χ3n) is 3.25. The summed E-state index contributed by atoms with van der Waals surface area (Å²) in [4.78, 5) is 11.5. The molecule has 0 spiro atoms. The van der Waals surface area contributed by atoms with Crippen LogP contribution in [0.3, 0.4) is 0 Å². The zero-order valence-corrected chi connectivity index (χ0v) is 12.7. The Morgan fingerprint density at radius 3 is 2.42 bits per heavy atom. The summed E-state index contributed by atoms with van der Waals surface area (Å²) in [5.41, 5.74) is 1.07. The number of hydrogen-bond acceptors (Lipinski definition) is 3. The van der Waals surface area contributed by atoms with Gasteiger partial charge in [-0.25, -0.2) is 0 Å². The fourth-order valence-electron chi connectivity index (χ4n) is 2.61. The summed E-state index contributed by atoms with van der Waals surface area (Å²) >= 11 is 0. The van der Waals surface area contributed by atoms with E-state index in [-0.39, 0.29) is 12.1 Å². The van der Waals surface area contributed by atoms with Gasteiger partial charge in [0.25, 0.3) is 0 Å². The quantitative estimate of drug-likeness (QED) is 0.830. The number of rotatable bonds is 6. The van der Waals surface area contributed by atoms with Crippen molar-refractivity contribution in [3.63, 3.8) is 0 Å². The highest BCUT2D eigenvalue weighted by atomic mass is 16.4. The maximum atomic E-state index is 11.5. The predicted molar refractivity (Wildman–Crippen MR) is 75.3 cm³/mol. The van der Waals surface area contributed by atoms with E-state index in [0.29, 0.717) is 6.42 Å². The smallest absolute Gasteiger partial charge is 0.323 e. The third kappa shape index (κ3) is 3.80. The number of nitrogens with one attached hydrogen (secondary N) is 1. The minimum atomic E-state index is -0.945. The fourth-order valence-corrected chi connectivity index (χ4v) is 2.61. The molecule has 2 atom stereocenters. The Balaban J connectivity index is 2.91. The van der Waals surface area contributed by atoms with Crippen LogP contribution >= 0.6 is 0 Å². The van der Waals surface area contributed by atoms with Crippen LogP contribution in [-0.2, 0) is 4.79 Å². The van der Waals surface area contributed by atoms with Crippen LogP contribution in [0.2, 0.25) is 0 Å². The third-order valence-corrected chi connectivity index (χ3v) is 3.25. The SMILES string of the molecule is Cc1cc(C)n(C(C)CC(C)(NC(C)C)C(=O)O)n1. The van der Waals surface area contributed by atoms with E-state index in [1.54, 1.807) is 6.92 Å². The Hall–Kier alpha value is -1.36. The monoisotopic (exact) mass is 267 g/mol. The van der Waals surface area contributed by atoms with E-state index >= 15 is 0 Å². The van der Waals surface area contributed by atoms with Gasteiger partial charge in [0.2, 0.25) is 0 Å². The average molecular weight is 267 g/mol. The van der Waals surface area contributed by atoms with E-state index in [9.17, 15) is 9.90 Å². The lowest BCUT2D eigenvalue weighted by Gasteiger charge is -2.31. The molecule has 108 valence electrons. The number of nitrogens with zero attached hydrogens (tertiary/aromatic N) is 2. The van der Waals surface area contributed by atoms with Crippen molar-refractivity contribution in [1.82, 2.24) is 15.1 Å². The number of carbonyl (C=O) groups is 1. The van der Waals surface area contributed by atoms with Crippen LogP contribution in [0.4, 0.5) is 0 Å². The zero-order chi connectivity index (χ0) is 14.8. The second-order valence-electron chi connectivity index (χ2n) is 5.86. The predicted octanol–water partition coefficient (Wildman–Crippen LogP) is 2.29. The molecule has 0 aromatic carbocycles. The van der Waals surface area contributed by atoms with Gasteiger partial charge in [0.05, 0.1) is 11.7 Å². The number of carboxylic acid groups (broad SMARTS) is 1. The van der Waals surface area contributed by atoms with Crippen molar-refractivity contribution in [3.05, 3.63) is 17.5 Å². The minimum Gasteiger partial charge on any atom is -0.480 e. The van der Waals surface area contributed by atoms with Crippen molar-refractivity contribution in [2.75, 3.05) is 0 Å². The van der Waals surface area contributed by atoms with Crippen molar-refractivity contribution in [1.29, 1.82) is 0 Å². The van der Waals surface area contributed by atoms with Crippen LogP contribution in [0, 0.1) is 13.8 Å². The highest BCUT2D eigenvalue weighted by molar-refractivity contribution is 5.78. The highest BCUT2D eigenvalue weighted by Crippen LogP contribution is 2.23. The van der Waals surface area contributed by atoms with Crippen molar-refractivity contribution in [2.45, 2.75) is 65.6 Å². The molecule has 0 radical (unpaired) electrons. The lowest BCUT2D eigenvalue weighted by Crippen LogP contribution is -2.53. The summed E-state index contributed by atoms with van der Waals surface area (Å²) in [6.07, 6.45) is 0.489. The van der Waals surface area contributed by atoms with E-state index in [1.807, 2.05) is 45.4 Å². The topological polar surface area (TPSA) is 67.2 Å². The molecule has 0 bridgehead atoms. The van der Waals surface area contributed by atoms with Gasteiger partial charge in [-0.15, -0.1) is 0 Å². The van der Waals surface area contributed by atoms with Crippen molar-refractivity contribution in [3.8, 4) is 0 Å². The van der Waals surface area contributed by atoms with Crippen LogP contribution < -0.4 is 5.32 Å². The van der Waals surface area contributed by atoms with Crippen LogP contribution in [0.25, 0.3) is 0 Å². The molecule has 0 fully saturated rings. The van der Waals surface area contributed by atoms with Crippen LogP contribution in [0.5, 0.6) is 0 Å². The van der Waals surface area contributed by atoms with Gasteiger partial charge in [-0.1, -0.05) is 0 Å². The second kappa shape index (κ2) is 5.74. The lowest BCUT2D eigenvalue weighted by atomic mass is 9.92. The van der Waals surface area contributed by atoms with Crippen molar-refractivity contribution >= 4 is 5.97 Å². The van der Waals surface area contributed by atoms with Gasteiger partial charge in [-0.05, 0) is 54.0 Å². The summed E-state index contributed by atoms with van der Waals surface area (Å²) in [6.45, 7) is 11.6. The molecule has 0 saturated heterocycles. The van der Waals surface area contributed by atoms with E-state index in [2.05, 4.69) is 10.4 Å². The number of aryl methyl sites for hydroxylation is 2. The van der Waals surface area contributed by atoms with Crippen molar-refractivity contribution in [2.24, 2.45) is 0 Å². The Labute approximate surface area is 115 Å². The largest absolute Gasteiger partial charge is 0.480 e. The summed E-state index contributed by atoms with van der Waals surface area (Å²) in [6, 6.07) is 2.15. The first-order chi connectivity index (χ1) is 8.65. The van der Waals surface area contributed by atoms with E-state index in [1.165, 1.54) is 0 Å².